The molecule has 0 spiro atoms. The lowest BCUT2D eigenvalue weighted by Crippen LogP contribution is -2.37. The van der Waals surface area contributed by atoms with E-state index in [1.807, 2.05) is 13.8 Å². The van der Waals surface area contributed by atoms with Gasteiger partial charge in [-0.3, -0.25) is 9.52 Å². The molecule has 0 atom stereocenters. The van der Waals surface area contributed by atoms with Gasteiger partial charge in [0.15, 0.2) is 0 Å². The lowest BCUT2D eigenvalue weighted by Gasteiger charge is -2.17. The summed E-state index contributed by atoms with van der Waals surface area (Å²) in [6.07, 6.45) is 3.90. The van der Waals surface area contributed by atoms with E-state index in [0.29, 0.717) is 5.69 Å². The summed E-state index contributed by atoms with van der Waals surface area (Å²) >= 11 is 0. The maximum Gasteiger partial charge on any atom is 0.299 e. The molecule has 0 radical (unpaired) electrons. The number of rotatable bonds is 4. The Hall–Kier alpha value is -1.60. The van der Waals surface area contributed by atoms with Crippen LogP contribution in [0.15, 0.2) is 18.2 Å². The van der Waals surface area contributed by atoms with Gasteiger partial charge in [0.25, 0.3) is 10.2 Å². The molecule has 1 fully saturated rings. The molecule has 3 rings (SSSR count). The summed E-state index contributed by atoms with van der Waals surface area (Å²) in [7, 11) is -3.59. The van der Waals surface area contributed by atoms with Crippen LogP contribution >= 0.6 is 0 Å². The van der Waals surface area contributed by atoms with Gasteiger partial charge in [-0.15, -0.1) is 0 Å². The summed E-state index contributed by atoms with van der Waals surface area (Å²) in [5.41, 5.74) is 1.35. The van der Waals surface area contributed by atoms with E-state index in [2.05, 4.69) is 14.8 Å². The molecule has 120 valence electrons. The van der Waals surface area contributed by atoms with Crippen LogP contribution in [-0.4, -0.2) is 20.4 Å². The zero-order chi connectivity index (χ0) is 16.0. The first-order chi connectivity index (χ1) is 10.3. The summed E-state index contributed by atoms with van der Waals surface area (Å²) in [6.45, 7) is 3.65. The molecule has 0 aromatic heterocycles. The van der Waals surface area contributed by atoms with Gasteiger partial charge in [-0.2, -0.15) is 13.1 Å². The topological polar surface area (TPSA) is 87.3 Å². The van der Waals surface area contributed by atoms with E-state index in [1.54, 1.807) is 18.2 Å². The fourth-order valence-electron chi connectivity index (χ4n) is 3.08. The van der Waals surface area contributed by atoms with Gasteiger partial charge in [0, 0.05) is 11.7 Å². The predicted molar refractivity (Wildman–Crippen MR) is 86.0 cm³/mol. The highest BCUT2D eigenvalue weighted by Crippen LogP contribution is 2.38. The number of fused-ring (bicyclic) bond motifs is 1. The fraction of sp³-hybridized carbons (Fsp3) is 0.533. The van der Waals surface area contributed by atoms with E-state index >= 15 is 0 Å². The number of nitrogens with one attached hydrogen (secondary N) is 3. The SMILES string of the molecule is CC1(C)C(=O)Nc2ccc(NS(=O)(=O)NC3CCCC3)cc21. The van der Waals surface area contributed by atoms with Crippen molar-refractivity contribution in [3.63, 3.8) is 0 Å². The molecule has 22 heavy (non-hydrogen) atoms. The summed E-state index contributed by atoms with van der Waals surface area (Å²) < 4.78 is 29.6. The van der Waals surface area contributed by atoms with E-state index in [1.165, 1.54) is 0 Å². The Bertz CT molecular complexity index is 707. The third-order valence-corrected chi connectivity index (χ3v) is 5.59. The molecule has 1 aromatic rings. The molecular weight excluding hydrogens is 302 g/mol. The second-order valence-electron chi connectivity index (χ2n) is 6.54. The van der Waals surface area contributed by atoms with Crippen molar-refractivity contribution in [3.8, 4) is 0 Å². The Morgan fingerprint density at radius 1 is 1.23 bits per heavy atom. The smallest absolute Gasteiger partial charge is 0.299 e. The molecule has 1 saturated carbocycles. The van der Waals surface area contributed by atoms with Crippen LogP contribution in [0.1, 0.15) is 45.1 Å². The predicted octanol–water partition coefficient (Wildman–Crippen LogP) is 2.11. The molecule has 1 aliphatic carbocycles. The van der Waals surface area contributed by atoms with Gasteiger partial charge in [0.05, 0.1) is 11.1 Å². The molecule has 0 saturated heterocycles. The third kappa shape index (κ3) is 2.83. The summed E-state index contributed by atoms with van der Waals surface area (Å²) in [4.78, 5) is 11.9. The van der Waals surface area contributed by atoms with E-state index in [0.717, 1.165) is 36.9 Å². The largest absolute Gasteiger partial charge is 0.325 e. The van der Waals surface area contributed by atoms with Crippen molar-refractivity contribution < 1.29 is 13.2 Å². The molecule has 0 unspecified atom stereocenters. The Kier molecular flexibility index (Phi) is 3.65. The number of hydrogen-bond acceptors (Lipinski definition) is 3. The maximum atomic E-state index is 12.2. The van der Waals surface area contributed by atoms with Crippen molar-refractivity contribution in [1.82, 2.24) is 4.72 Å². The number of carbonyl (C=O) groups is 1. The average Bonchev–Trinajstić information content (AvgIpc) is 2.98. The Morgan fingerprint density at radius 2 is 1.91 bits per heavy atom. The van der Waals surface area contributed by atoms with E-state index in [4.69, 9.17) is 0 Å². The first-order valence-corrected chi connectivity index (χ1v) is 9.02. The van der Waals surface area contributed by atoms with Crippen LogP contribution in [0.4, 0.5) is 11.4 Å². The Balaban J connectivity index is 1.79. The zero-order valence-electron chi connectivity index (χ0n) is 12.8. The average molecular weight is 323 g/mol. The van der Waals surface area contributed by atoms with Gasteiger partial charge < -0.3 is 5.32 Å². The highest BCUT2D eigenvalue weighted by molar-refractivity contribution is 7.90. The molecule has 7 heteroatoms. The van der Waals surface area contributed by atoms with Crippen LogP contribution in [0, 0.1) is 0 Å². The van der Waals surface area contributed by atoms with Gasteiger partial charge in [0.1, 0.15) is 0 Å². The van der Waals surface area contributed by atoms with Gasteiger partial charge in [-0.1, -0.05) is 12.8 Å². The summed E-state index contributed by atoms with van der Waals surface area (Å²) in [5.74, 6) is -0.0772. The number of carbonyl (C=O) groups excluding carboxylic acids is 1. The third-order valence-electron chi connectivity index (χ3n) is 4.44. The minimum atomic E-state index is -3.59. The summed E-state index contributed by atoms with van der Waals surface area (Å²) in [6, 6.07) is 5.14. The van der Waals surface area contributed by atoms with Crippen LogP contribution in [0.5, 0.6) is 0 Å². The van der Waals surface area contributed by atoms with Crippen molar-refractivity contribution in [3.05, 3.63) is 23.8 Å². The molecule has 1 heterocycles. The molecule has 2 aliphatic rings. The number of amides is 1. The van der Waals surface area contributed by atoms with E-state index in [-0.39, 0.29) is 11.9 Å². The second-order valence-corrected chi connectivity index (χ2v) is 7.99. The van der Waals surface area contributed by atoms with E-state index in [9.17, 15) is 13.2 Å². The van der Waals surface area contributed by atoms with Gasteiger partial charge >= 0.3 is 0 Å². The van der Waals surface area contributed by atoms with Crippen molar-refractivity contribution in [2.75, 3.05) is 10.0 Å². The Labute approximate surface area is 130 Å². The quantitative estimate of drug-likeness (QED) is 0.793. The lowest BCUT2D eigenvalue weighted by atomic mass is 9.86. The van der Waals surface area contributed by atoms with Crippen LogP contribution in [0.25, 0.3) is 0 Å². The highest BCUT2D eigenvalue weighted by Gasteiger charge is 2.38. The molecule has 1 amide bonds. The van der Waals surface area contributed by atoms with Crippen molar-refractivity contribution in [1.29, 1.82) is 0 Å². The molecule has 1 aliphatic heterocycles. The van der Waals surface area contributed by atoms with Crippen LogP contribution in [0.2, 0.25) is 0 Å². The number of benzene rings is 1. The molecule has 3 N–H and O–H groups in total. The summed E-state index contributed by atoms with van der Waals surface area (Å²) in [5, 5.41) is 2.80. The molecule has 6 nitrogen and oxygen atoms in total. The van der Waals surface area contributed by atoms with Crippen molar-refractivity contribution >= 4 is 27.5 Å². The number of hydrogen-bond donors (Lipinski definition) is 3. The van der Waals surface area contributed by atoms with Crippen LogP contribution in [-0.2, 0) is 20.4 Å². The van der Waals surface area contributed by atoms with Crippen molar-refractivity contribution in [2.45, 2.75) is 51.0 Å². The van der Waals surface area contributed by atoms with Gasteiger partial charge in [-0.25, -0.2) is 0 Å². The Morgan fingerprint density at radius 3 is 2.59 bits per heavy atom. The first-order valence-electron chi connectivity index (χ1n) is 7.54. The van der Waals surface area contributed by atoms with Gasteiger partial charge in [0.2, 0.25) is 5.91 Å². The van der Waals surface area contributed by atoms with E-state index < -0.39 is 15.6 Å². The molecular formula is C15H21N3O3S. The monoisotopic (exact) mass is 323 g/mol. The van der Waals surface area contributed by atoms with Gasteiger partial charge in [-0.05, 0) is 50.5 Å². The fourth-order valence-corrected chi connectivity index (χ4v) is 4.25. The number of anilines is 2. The van der Waals surface area contributed by atoms with Crippen LogP contribution in [0.3, 0.4) is 0 Å². The normalized spacial score (nSPS) is 20.7. The standard InChI is InChI=1S/C15H21N3O3S/c1-15(2)12-9-11(7-8-13(12)16-14(15)19)18-22(20,21)17-10-5-3-4-6-10/h7-10,17-18H,3-6H2,1-2H3,(H,16,19). The second kappa shape index (κ2) is 5.24. The highest BCUT2D eigenvalue weighted by atomic mass is 32.2. The first kappa shape index (κ1) is 15.3. The minimum absolute atomic E-state index is 0.0200. The van der Waals surface area contributed by atoms with Crippen molar-refractivity contribution in [2.24, 2.45) is 0 Å². The zero-order valence-corrected chi connectivity index (χ0v) is 13.6. The lowest BCUT2D eigenvalue weighted by molar-refractivity contribution is -0.119. The minimum Gasteiger partial charge on any atom is -0.325 e. The molecule has 1 aromatic carbocycles. The maximum absolute atomic E-state index is 12.2. The van der Waals surface area contributed by atoms with Crippen LogP contribution < -0.4 is 14.8 Å². The molecule has 0 bridgehead atoms.